The number of carbonyl (C=O) groups is 2. The van der Waals surface area contributed by atoms with Crippen LogP contribution in [0.25, 0.3) is 21.5 Å². The molecule has 0 unspecified atom stereocenters. The third-order valence-electron chi connectivity index (χ3n) is 4.87. The topological polar surface area (TPSA) is 55.8 Å². The number of methoxy groups -OCH3 is 2. The summed E-state index contributed by atoms with van der Waals surface area (Å²) in [6.45, 7) is 0. The molecule has 0 spiro atoms. The number of benzene rings is 3. The van der Waals surface area contributed by atoms with Crippen molar-refractivity contribution >= 4 is 39.2 Å². The molecule has 3 aromatic rings. The van der Waals surface area contributed by atoms with Gasteiger partial charge < -0.3 is 14.4 Å². The Hall–Kier alpha value is -3.86. The van der Waals surface area contributed by atoms with Gasteiger partial charge in [-0.15, -0.1) is 0 Å². The van der Waals surface area contributed by atoms with Gasteiger partial charge in [-0.3, -0.25) is 0 Å². The van der Waals surface area contributed by atoms with Crippen molar-refractivity contribution in [2.24, 2.45) is 0 Å². The molecule has 3 aromatic carbocycles. The Kier molecular flexibility index (Phi) is 4.87. The number of allylic oxidation sites excluding steroid dienone is 2. The van der Waals surface area contributed by atoms with Crippen LogP contribution in [-0.4, -0.2) is 26.2 Å². The van der Waals surface area contributed by atoms with Gasteiger partial charge in [-0.05, 0) is 29.0 Å². The monoisotopic (exact) mass is 385 g/mol. The van der Waals surface area contributed by atoms with Gasteiger partial charge in [-0.2, -0.15) is 0 Å². The Balaban J connectivity index is 2.12. The standard InChI is InChI=1S/C24H19NO4/c1-28-23(26)20-13-7-8-14-25(22(20)24(27)29-2)21-18-11-5-3-9-16(18)15-17-10-4-6-12-19(17)21/h3-15H,1-2H3. The van der Waals surface area contributed by atoms with Crippen molar-refractivity contribution in [1.82, 2.24) is 0 Å². The van der Waals surface area contributed by atoms with Crippen LogP contribution >= 0.6 is 0 Å². The molecule has 29 heavy (non-hydrogen) atoms. The average Bonchev–Trinajstić information content (AvgIpc) is 2.99. The minimum Gasteiger partial charge on any atom is -0.465 e. The van der Waals surface area contributed by atoms with E-state index >= 15 is 0 Å². The Morgan fingerprint density at radius 2 is 1.38 bits per heavy atom. The molecular weight excluding hydrogens is 366 g/mol. The molecule has 1 aliphatic rings. The molecule has 0 bridgehead atoms. The van der Waals surface area contributed by atoms with Crippen LogP contribution in [0.3, 0.4) is 0 Å². The highest BCUT2D eigenvalue weighted by molar-refractivity contribution is 6.15. The molecule has 0 saturated carbocycles. The van der Waals surface area contributed by atoms with E-state index in [0.717, 1.165) is 27.2 Å². The van der Waals surface area contributed by atoms with E-state index in [1.54, 1.807) is 29.3 Å². The lowest BCUT2D eigenvalue weighted by atomic mass is 9.99. The zero-order valence-corrected chi connectivity index (χ0v) is 16.1. The van der Waals surface area contributed by atoms with Crippen LogP contribution in [0.2, 0.25) is 0 Å². The van der Waals surface area contributed by atoms with Gasteiger partial charge in [0, 0.05) is 17.0 Å². The smallest absolute Gasteiger partial charge is 0.355 e. The summed E-state index contributed by atoms with van der Waals surface area (Å²) in [4.78, 5) is 27.0. The molecule has 0 radical (unpaired) electrons. The van der Waals surface area contributed by atoms with Crippen molar-refractivity contribution in [2.75, 3.05) is 19.1 Å². The fourth-order valence-electron chi connectivity index (χ4n) is 3.59. The quantitative estimate of drug-likeness (QED) is 0.491. The molecule has 5 heteroatoms. The van der Waals surface area contributed by atoms with Crippen molar-refractivity contribution in [2.45, 2.75) is 0 Å². The van der Waals surface area contributed by atoms with E-state index in [1.807, 2.05) is 48.5 Å². The molecule has 4 rings (SSSR count). The lowest BCUT2D eigenvalue weighted by Crippen LogP contribution is -2.27. The summed E-state index contributed by atoms with van der Waals surface area (Å²) < 4.78 is 9.95. The molecule has 144 valence electrons. The Labute approximate surface area is 168 Å². The molecule has 1 heterocycles. The van der Waals surface area contributed by atoms with Gasteiger partial charge in [0.05, 0.1) is 25.5 Å². The maximum Gasteiger partial charge on any atom is 0.355 e. The minimum atomic E-state index is -0.626. The number of rotatable bonds is 3. The number of hydrogen-bond acceptors (Lipinski definition) is 5. The number of nitrogens with zero attached hydrogens (tertiary/aromatic N) is 1. The Morgan fingerprint density at radius 1 is 0.793 bits per heavy atom. The number of esters is 2. The van der Waals surface area contributed by atoms with E-state index in [4.69, 9.17) is 9.47 Å². The number of hydrogen-bond donors (Lipinski definition) is 0. The molecule has 1 aliphatic heterocycles. The summed E-state index contributed by atoms with van der Waals surface area (Å²) in [6.07, 6.45) is 6.78. The predicted molar refractivity (Wildman–Crippen MR) is 113 cm³/mol. The molecule has 5 nitrogen and oxygen atoms in total. The normalized spacial score (nSPS) is 13.7. The van der Waals surface area contributed by atoms with Crippen molar-refractivity contribution in [3.8, 4) is 0 Å². The van der Waals surface area contributed by atoms with E-state index < -0.39 is 11.9 Å². The van der Waals surface area contributed by atoms with Gasteiger partial charge in [0.15, 0.2) is 0 Å². The lowest BCUT2D eigenvalue weighted by Gasteiger charge is -2.26. The second kappa shape index (κ2) is 7.64. The van der Waals surface area contributed by atoms with Crippen molar-refractivity contribution in [1.29, 1.82) is 0 Å². The zero-order chi connectivity index (χ0) is 20.4. The van der Waals surface area contributed by atoms with Crippen LogP contribution in [-0.2, 0) is 19.1 Å². The third kappa shape index (κ3) is 3.17. The van der Waals surface area contributed by atoms with Crippen molar-refractivity contribution in [3.63, 3.8) is 0 Å². The Morgan fingerprint density at radius 3 is 1.97 bits per heavy atom. The number of carbonyl (C=O) groups excluding carboxylic acids is 2. The van der Waals surface area contributed by atoms with Crippen LogP contribution in [0.5, 0.6) is 0 Å². The summed E-state index contributed by atoms with van der Waals surface area (Å²) in [5.41, 5.74) is 1.02. The van der Waals surface area contributed by atoms with E-state index in [9.17, 15) is 9.59 Å². The van der Waals surface area contributed by atoms with E-state index in [1.165, 1.54) is 14.2 Å². The molecule has 0 saturated heterocycles. The van der Waals surface area contributed by atoms with Crippen LogP contribution in [0.15, 0.2) is 90.3 Å². The summed E-state index contributed by atoms with van der Waals surface area (Å²) in [5.74, 6) is -1.24. The number of fused-ring (bicyclic) bond motifs is 2. The molecule has 0 N–H and O–H groups in total. The van der Waals surface area contributed by atoms with E-state index in [2.05, 4.69) is 6.07 Å². The first-order chi connectivity index (χ1) is 14.2. The Bertz CT molecular complexity index is 1170. The maximum atomic E-state index is 12.8. The minimum absolute atomic E-state index is 0.103. The van der Waals surface area contributed by atoms with Crippen molar-refractivity contribution in [3.05, 3.63) is 90.3 Å². The fourth-order valence-corrected chi connectivity index (χ4v) is 3.59. The third-order valence-corrected chi connectivity index (χ3v) is 4.87. The van der Waals surface area contributed by atoms with Gasteiger partial charge in [0.25, 0.3) is 0 Å². The molecule has 0 atom stereocenters. The van der Waals surface area contributed by atoms with Gasteiger partial charge in [-0.1, -0.05) is 54.6 Å². The second-order valence-electron chi connectivity index (χ2n) is 6.48. The molecule has 0 aromatic heterocycles. The summed E-state index contributed by atoms with van der Waals surface area (Å²) in [7, 11) is 2.58. The first-order valence-electron chi connectivity index (χ1n) is 9.11. The molecule has 0 aliphatic carbocycles. The lowest BCUT2D eigenvalue weighted by molar-refractivity contribution is -0.139. The van der Waals surface area contributed by atoms with Crippen molar-refractivity contribution < 1.29 is 19.1 Å². The van der Waals surface area contributed by atoms with E-state index in [-0.39, 0.29) is 11.3 Å². The van der Waals surface area contributed by atoms with Gasteiger partial charge >= 0.3 is 11.9 Å². The van der Waals surface area contributed by atoms with Crippen LogP contribution in [0, 0.1) is 0 Å². The van der Waals surface area contributed by atoms with Gasteiger partial charge in [0.1, 0.15) is 5.70 Å². The highest BCUT2D eigenvalue weighted by Crippen LogP contribution is 2.39. The second-order valence-corrected chi connectivity index (χ2v) is 6.48. The summed E-state index contributed by atoms with van der Waals surface area (Å²) in [6, 6.07) is 18.0. The van der Waals surface area contributed by atoms with Crippen LogP contribution < -0.4 is 4.90 Å². The first kappa shape index (κ1) is 18.5. The molecule has 0 fully saturated rings. The van der Waals surface area contributed by atoms with Crippen LogP contribution in [0.1, 0.15) is 0 Å². The van der Waals surface area contributed by atoms with Gasteiger partial charge in [0.2, 0.25) is 0 Å². The highest BCUT2D eigenvalue weighted by Gasteiger charge is 2.29. The summed E-state index contributed by atoms with van der Waals surface area (Å²) in [5, 5.41) is 3.94. The number of ether oxygens (including phenoxy) is 2. The van der Waals surface area contributed by atoms with Gasteiger partial charge in [-0.25, -0.2) is 9.59 Å². The predicted octanol–water partition coefficient (Wildman–Crippen LogP) is 4.48. The fraction of sp³-hybridized carbons (Fsp3) is 0.0833. The van der Waals surface area contributed by atoms with E-state index in [0.29, 0.717) is 0 Å². The SMILES string of the molecule is COC(=O)C1=C(C(=O)OC)N(c2c3ccccc3cc3ccccc23)C=CC=C1. The zero-order valence-electron chi connectivity index (χ0n) is 16.1. The largest absolute Gasteiger partial charge is 0.465 e. The average molecular weight is 385 g/mol. The van der Waals surface area contributed by atoms with Crippen LogP contribution in [0.4, 0.5) is 5.69 Å². The highest BCUT2D eigenvalue weighted by atomic mass is 16.5. The number of anilines is 1. The summed E-state index contributed by atoms with van der Waals surface area (Å²) >= 11 is 0. The molecular formula is C24H19NO4. The maximum absolute atomic E-state index is 12.8. The first-order valence-corrected chi connectivity index (χ1v) is 9.11. The molecule has 0 amide bonds.